The predicted molar refractivity (Wildman–Crippen MR) is 74.4 cm³/mol. The van der Waals surface area contributed by atoms with Gasteiger partial charge in [-0.15, -0.1) is 0 Å². The van der Waals surface area contributed by atoms with Crippen LogP contribution >= 0.6 is 0 Å². The van der Waals surface area contributed by atoms with E-state index in [4.69, 9.17) is 0 Å². The van der Waals surface area contributed by atoms with Gasteiger partial charge in [0.1, 0.15) is 0 Å². The number of carbonyl (C=O) groups excluding carboxylic acids is 1. The lowest BCUT2D eigenvalue weighted by atomic mass is 9.79. The van der Waals surface area contributed by atoms with Gasteiger partial charge in [0.2, 0.25) is 5.91 Å². The van der Waals surface area contributed by atoms with Crippen LogP contribution in [-0.2, 0) is 4.79 Å². The Labute approximate surface area is 111 Å². The average molecular weight is 252 g/mol. The molecule has 104 valence electrons. The van der Waals surface area contributed by atoms with Crippen molar-refractivity contribution in [3.63, 3.8) is 0 Å². The minimum Gasteiger partial charge on any atom is -0.341 e. The second kappa shape index (κ2) is 6.05. The first-order valence-electron chi connectivity index (χ1n) is 7.64. The van der Waals surface area contributed by atoms with Gasteiger partial charge in [0, 0.05) is 31.6 Å². The second-order valence-corrected chi connectivity index (χ2v) is 6.31. The van der Waals surface area contributed by atoms with Crippen LogP contribution in [0.4, 0.5) is 0 Å². The van der Waals surface area contributed by atoms with E-state index in [0.717, 1.165) is 31.3 Å². The van der Waals surface area contributed by atoms with E-state index in [1.54, 1.807) is 0 Å². The monoisotopic (exact) mass is 252 g/mol. The molecule has 1 N–H and O–H groups in total. The molecule has 0 spiro atoms. The third-order valence-electron chi connectivity index (χ3n) is 4.91. The first kappa shape index (κ1) is 13.9. The molecule has 1 aliphatic heterocycles. The molecule has 1 amide bonds. The van der Waals surface area contributed by atoms with Crippen molar-refractivity contribution < 1.29 is 4.79 Å². The van der Waals surface area contributed by atoms with Gasteiger partial charge in [-0.3, -0.25) is 4.79 Å². The van der Waals surface area contributed by atoms with Crippen molar-refractivity contribution in [2.24, 2.45) is 11.8 Å². The van der Waals surface area contributed by atoms with E-state index < -0.39 is 0 Å². The summed E-state index contributed by atoms with van der Waals surface area (Å²) >= 11 is 0. The fourth-order valence-corrected chi connectivity index (χ4v) is 3.38. The Hall–Kier alpha value is -0.570. The minimum absolute atomic E-state index is 0.310. The van der Waals surface area contributed by atoms with Crippen molar-refractivity contribution >= 4 is 5.91 Å². The summed E-state index contributed by atoms with van der Waals surface area (Å²) in [5.41, 5.74) is 0. The molecule has 0 aromatic heterocycles. The molecule has 3 heteroatoms. The standard InChI is InChI=1S/C15H28N2O/c1-4-15(18)17-8-7-14(10-17)16-13-6-5-11(2)12(3)9-13/h11-14,16H,4-10H2,1-3H3. The zero-order chi connectivity index (χ0) is 13.1. The molecule has 1 aliphatic carbocycles. The number of rotatable bonds is 3. The van der Waals surface area contributed by atoms with Gasteiger partial charge in [0.15, 0.2) is 0 Å². The van der Waals surface area contributed by atoms with Crippen LogP contribution in [0.1, 0.15) is 52.9 Å². The number of hydrogen-bond acceptors (Lipinski definition) is 2. The van der Waals surface area contributed by atoms with Crippen molar-refractivity contribution in [3.8, 4) is 0 Å². The molecule has 3 nitrogen and oxygen atoms in total. The summed E-state index contributed by atoms with van der Waals surface area (Å²) in [5, 5.41) is 3.78. The normalized spacial score (nSPS) is 36.9. The number of amides is 1. The quantitative estimate of drug-likeness (QED) is 0.836. The molecule has 1 saturated heterocycles. The van der Waals surface area contributed by atoms with Crippen molar-refractivity contribution in [1.82, 2.24) is 10.2 Å². The highest BCUT2D eigenvalue weighted by Gasteiger charge is 2.30. The first-order valence-corrected chi connectivity index (χ1v) is 7.64. The summed E-state index contributed by atoms with van der Waals surface area (Å²) < 4.78 is 0. The van der Waals surface area contributed by atoms with Gasteiger partial charge >= 0.3 is 0 Å². The van der Waals surface area contributed by atoms with Crippen LogP contribution in [0.5, 0.6) is 0 Å². The molecular weight excluding hydrogens is 224 g/mol. The van der Waals surface area contributed by atoms with Gasteiger partial charge < -0.3 is 10.2 Å². The van der Waals surface area contributed by atoms with Crippen LogP contribution in [0.2, 0.25) is 0 Å². The predicted octanol–water partition coefficient (Wildman–Crippen LogP) is 2.41. The van der Waals surface area contributed by atoms with Crippen molar-refractivity contribution in [2.45, 2.75) is 65.0 Å². The number of nitrogens with zero attached hydrogens (tertiary/aromatic N) is 1. The van der Waals surface area contributed by atoms with Gasteiger partial charge in [0.25, 0.3) is 0 Å². The fraction of sp³-hybridized carbons (Fsp3) is 0.933. The summed E-state index contributed by atoms with van der Waals surface area (Å²) in [5.74, 6) is 2.03. The molecule has 1 heterocycles. The zero-order valence-corrected chi connectivity index (χ0v) is 12.1. The highest BCUT2D eigenvalue weighted by atomic mass is 16.2. The molecule has 0 bridgehead atoms. The molecule has 1 saturated carbocycles. The third-order valence-corrected chi connectivity index (χ3v) is 4.91. The molecule has 0 aromatic rings. The van der Waals surface area contributed by atoms with Crippen LogP contribution in [-0.4, -0.2) is 36.0 Å². The summed E-state index contributed by atoms with van der Waals surface area (Å²) in [6.45, 7) is 8.57. The Bertz CT molecular complexity index is 292. The van der Waals surface area contributed by atoms with Crippen LogP contribution in [0, 0.1) is 11.8 Å². The van der Waals surface area contributed by atoms with E-state index in [2.05, 4.69) is 19.2 Å². The number of carbonyl (C=O) groups is 1. The lowest BCUT2D eigenvalue weighted by Gasteiger charge is -2.34. The third kappa shape index (κ3) is 3.25. The van der Waals surface area contributed by atoms with Crippen LogP contribution in [0.15, 0.2) is 0 Å². The molecule has 4 atom stereocenters. The van der Waals surface area contributed by atoms with Gasteiger partial charge in [0.05, 0.1) is 0 Å². The van der Waals surface area contributed by atoms with Gasteiger partial charge in [-0.1, -0.05) is 20.8 Å². The molecule has 2 fully saturated rings. The summed E-state index contributed by atoms with van der Waals surface area (Å²) in [6, 6.07) is 1.21. The fourth-order valence-electron chi connectivity index (χ4n) is 3.38. The molecule has 0 aromatic carbocycles. The van der Waals surface area contributed by atoms with Crippen LogP contribution < -0.4 is 5.32 Å². The zero-order valence-electron chi connectivity index (χ0n) is 12.1. The summed E-state index contributed by atoms with van der Waals surface area (Å²) in [7, 11) is 0. The maximum absolute atomic E-state index is 11.6. The highest BCUT2D eigenvalue weighted by molar-refractivity contribution is 5.76. The first-order chi connectivity index (χ1) is 8.60. The lowest BCUT2D eigenvalue weighted by molar-refractivity contribution is -0.129. The Balaban J connectivity index is 1.76. The number of likely N-dealkylation sites (tertiary alicyclic amines) is 1. The average Bonchev–Trinajstić information content (AvgIpc) is 2.81. The molecule has 4 unspecified atom stereocenters. The second-order valence-electron chi connectivity index (χ2n) is 6.31. The Morgan fingerprint density at radius 1 is 1.17 bits per heavy atom. The summed E-state index contributed by atoms with van der Waals surface area (Å²) in [4.78, 5) is 13.7. The molecule has 2 rings (SSSR count). The largest absolute Gasteiger partial charge is 0.341 e. The number of nitrogens with one attached hydrogen (secondary N) is 1. The molecule has 18 heavy (non-hydrogen) atoms. The maximum atomic E-state index is 11.6. The van der Waals surface area contributed by atoms with E-state index >= 15 is 0 Å². The smallest absolute Gasteiger partial charge is 0.222 e. The van der Waals surface area contributed by atoms with E-state index in [1.807, 2.05) is 11.8 Å². The van der Waals surface area contributed by atoms with Crippen LogP contribution in [0.3, 0.4) is 0 Å². The summed E-state index contributed by atoms with van der Waals surface area (Å²) in [6.07, 6.45) is 5.74. The molecule has 0 radical (unpaired) electrons. The van der Waals surface area contributed by atoms with Gasteiger partial charge in [-0.05, 0) is 37.5 Å². The minimum atomic E-state index is 0.310. The molecular formula is C15H28N2O. The van der Waals surface area contributed by atoms with Crippen molar-refractivity contribution in [3.05, 3.63) is 0 Å². The highest BCUT2D eigenvalue weighted by Crippen LogP contribution is 2.30. The van der Waals surface area contributed by atoms with E-state index in [-0.39, 0.29) is 0 Å². The van der Waals surface area contributed by atoms with Gasteiger partial charge in [-0.25, -0.2) is 0 Å². The van der Waals surface area contributed by atoms with Crippen molar-refractivity contribution in [2.75, 3.05) is 13.1 Å². The molecule has 2 aliphatic rings. The SMILES string of the molecule is CCC(=O)N1CCC(NC2CCC(C)C(C)C2)C1. The Kier molecular flexibility index (Phi) is 4.66. The topological polar surface area (TPSA) is 32.3 Å². The Morgan fingerprint density at radius 3 is 2.61 bits per heavy atom. The Morgan fingerprint density at radius 2 is 1.94 bits per heavy atom. The van der Waals surface area contributed by atoms with Crippen molar-refractivity contribution in [1.29, 1.82) is 0 Å². The van der Waals surface area contributed by atoms with Gasteiger partial charge in [-0.2, -0.15) is 0 Å². The van der Waals surface area contributed by atoms with E-state index in [1.165, 1.54) is 19.3 Å². The maximum Gasteiger partial charge on any atom is 0.222 e. The number of hydrogen-bond donors (Lipinski definition) is 1. The van der Waals surface area contributed by atoms with E-state index in [0.29, 0.717) is 24.4 Å². The lowest BCUT2D eigenvalue weighted by Crippen LogP contribution is -2.44. The van der Waals surface area contributed by atoms with Crippen LogP contribution in [0.25, 0.3) is 0 Å². The van der Waals surface area contributed by atoms with E-state index in [9.17, 15) is 4.79 Å².